The second kappa shape index (κ2) is 10.3. The zero-order valence-electron chi connectivity index (χ0n) is 16.2. The molecule has 1 heterocycles. The smallest absolute Gasteiger partial charge is 0.254 e. The molecule has 3 rings (SSSR count). The van der Waals surface area contributed by atoms with Gasteiger partial charge in [-0.25, -0.2) is 0 Å². The monoisotopic (exact) mass is 381 g/mol. The van der Waals surface area contributed by atoms with Gasteiger partial charge in [-0.05, 0) is 41.8 Å². The van der Waals surface area contributed by atoms with Gasteiger partial charge in [-0.2, -0.15) is 0 Å². The van der Waals surface area contributed by atoms with Crippen LogP contribution in [0.5, 0.6) is 0 Å². The van der Waals surface area contributed by atoms with Crippen molar-refractivity contribution in [3.05, 3.63) is 70.8 Å². The van der Waals surface area contributed by atoms with Gasteiger partial charge < -0.3 is 16.4 Å². The van der Waals surface area contributed by atoms with E-state index >= 15 is 0 Å². The molecule has 0 saturated heterocycles. The van der Waals surface area contributed by atoms with Crippen LogP contribution < -0.4 is 11.5 Å². The summed E-state index contributed by atoms with van der Waals surface area (Å²) >= 11 is 0. The average Bonchev–Trinajstić information content (AvgIpc) is 2.67. The van der Waals surface area contributed by atoms with Crippen LogP contribution in [-0.4, -0.2) is 22.6 Å². The van der Waals surface area contributed by atoms with Crippen molar-refractivity contribution in [1.29, 1.82) is 0 Å². The quantitative estimate of drug-likeness (QED) is 0.751. The SMILES string of the molecule is CCCCCC(N)=O.NC(=O)c1ccc(C(=O)N2Cc3cccc(c3)C2)cc1. The van der Waals surface area contributed by atoms with E-state index in [2.05, 4.69) is 13.0 Å². The highest BCUT2D eigenvalue weighted by molar-refractivity contribution is 5.97. The Bertz CT molecular complexity index is 810. The first-order valence-corrected chi connectivity index (χ1v) is 9.46. The topological polar surface area (TPSA) is 106 Å². The van der Waals surface area contributed by atoms with Gasteiger partial charge in [0, 0.05) is 30.6 Å². The Labute approximate surface area is 165 Å². The van der Waals surface area contributed by atoms with E-state index in [1.807, 2.05) is 18.2 Å². The second-order valence-electron chi connectivity index (χ2n) is 6.85. The van der Waals surface area contributed by atoms with E-state index in [4.69, 9.17) is 11.5 Å². The summed E-state index contributed by atoms with van der Waals surface area (Å²) in [6, 6.07) is 14.6. The Morgan fingerprint density at radius 2 is 1.46 bits per heavy atom. The average molecular weight is 381 g/mol. The molecule has 1 aliphatic heterocycles. The molecule has 0 fully saturated rings. The lowest BCUT2D eigenvalue weighted by Crippen LogP contribution is -2.32. The third-order valence-corrected chi connectivity index (χ3v) is 4.47. The first-order valence-electron chi connectivity index (χ1n) is 9.46. The summed E-state index contributed by atoms with van der Waals surface area (Å²) in [5, 5.41) is 0. The van der Waals surface area contributed by atoms with Gasteiger partial charge in [-0.3, -0.25) is 14.4 Å². The highest BCUT2D eigenvalue weighted by Crippen LogP contribution is 2.20. The summed E-state index contributed by atoms with van der Waals surface area (Å²) in [7, 11) is 0. The number of carbonyl (C=O) groups is 3. The van der Waals surface area contributed by atoms with E-state index in [9.17, 15) is 14.4 Å². The standard InChI is InChI=1S/C16H14N2O2.C6H13NO/c17-15(19)13-4-6-14(7-5-13)16(20)18-9-11-2-1-3-12(8-11)10-18;1-2-3-4-5-6(7)8/h1-8H,9-10H2,(H2,17,19);2-5H2,1H3,(H2,7,8). The molecule has 0 aliphatic carbocycles. The maximum absolute atomic E-state index is 12.4. The van der Waals surface area contributed by atoms with Crippen molar-refractivity contribution in [3.8, 4) is 0 Å². The minimum atomic E-state index is -0.489. The van der Waals surface area contributed by atoms with Crippen LogP contribution in [0.2, 0.25) is 0 Å². The molecule has 28 heavy (non-hydrogen) atoms. The number of hydrogen-bond donors (Lipinski definition) is 2. The van der Waals surface area contributed by atoms with Crippen LogP contribution in [0.1, 0.15) is 64.4 Å². The fourth-order valence-corrected chi connectivity index (χ4v) is 2.98. The van der Waals surface area contributed by atoms with Crippen molar-refractivity contribution in [3.63, 3.8) is 0 Å². The molecule has 6 nitrogen and oxygen atoms in total. The van der Waals surface area contributed by atoms with Crippen molar-refractivity contribution in [2.45, 2.75) is 45.7 Å². The number of rotatable bonds is 6. The summed E-state index contributed by atoms with van der Waals surface area (Å²) in [5.41, 5.74) is 13.3. The summed E-state index contributed by atoms with van der Waals surface area (Å²) < 4.78 is 0. The molecule has 2 aromatic carbocycles. The van der Waals surface area contributed by atoms with Crippen molar-refractivity contribution in [2.24, 2.45) is 11.5 Å². The Kier molecular flexibility index (Phi) is 7.75. The molecule has 3 amide bonds. The molecular formula is C22H27N3O3. The van der Waals surface area contributed by atoms with Crippen molar-refractivity contribution in [2.75, 3.05) is 0 Å². The van der Waals surface area contributed by atoms with Crippen LogP contribution in [0.3, 0.4) is 0 Å². The third kappa shape index (κ3) is 6.23. The molecule has 0 saturated carbocycles. The first kappa shape index (κ1) is 21.2. The van der Waals surface area contributed by atoms with Gasteiger partial charge in [0.25, 0.3) is 5.91 Å². The maximum atomic E-state index is 12.4. The van der Waals surface area contributed by atoms with E-state index in [0.29, 0.717) is 30.6 Å². The van der Waals surface area contributed by atoms with Crippen LogP contribution >= 0.6 is 0 Å². The van der Waals surface area contributed by atoms with Crippen LogP contribution in [0, 0.1) is 0 Å². The number of nitrogens with zero attached hydrogens (tertiary/aromatic N) is 1. The summed E-state index contributed by atoms with van der Waals surface area (Å²) in [6.07, 6.45) is 3.76. The van der Waals surface area contributed by atoms with Gasteiger partial charge in [0.2, 0.25) is 11.8 Å². The Hall–Kier alpha value is -3.15. The highest BCUT2D eigenvalue weighted by atomic mass is 16.2. The van der Waals surface area contributed by atoms with Gasteiger partial charge in [-0.1, -0.05) is 44.0 Å². The van der Waals surface area contributed by atoms with Crippen molar-refractivity contribution in [1.82, 2.24) is 4.90 Å². The zero-order chi connectivity index (χ0) is 20.5. The summed E-state index contributed by atoms with van der Waals surface area (Å²) in [5.74, 6) is -0.705. The van der Waals surface area contributed by atoms with E-state index in [1.165, 1.54) is 0 Å². The van der Waals surface area contributed by atoms with E-state index < -0.39 is 5.91 Å². The molecule has 2 bridgehead atoms. The van der Waals surface area contributed by atoms with Crippen LogP contribution in [0.4, 0.5) is 0 Å². The number of benzene rings is 2. The van der Waals surface area contributed by atoms with Gasteiger partial charge in [0.15, 0.2) is 0 Å². The molecule has 1 aliphatic rings. The number of fused-ring (bicyclic) bond motifs is 2. The molecule has 0 radical (unpaired) electrons. The van der Waals surface area contributed by atoms with Crippen molar-refractivity contribution >= 4 is 17.7 Å². The minimum Gasteiger partial charge on any atom is -0.370 e. The number of amides is 3. The molecular weight excluding hydrogens is 354 g/mol. The third-order valence-electron chi connectivity index (χ3n) is 4.47. The predicted octanol–water partition coefficient (Wildman–Crippen LogP) is 2.99. The van der Waals surface area contributed by atoms with E-state index in [1.54, 1.807) is 29.2 Å². The maximum Gasteiger partial charge on any atom is 0.254 e. The molecule has 0 aromatic heterocycles. The predicted molar refractivity (Wildman–Crippen MR) is 108 cm³/mol. The van der Waals surface area contributed by atoms with E-state index in [0.717, 1.165) is 30.4 Å². The number of primary amides is 2. The van der Waals surface area contributed by atoms with Crippen LogP contribution in [0.25, 0.3) is 0 Å². The lowest BCUT2D eigenvalue weighted by atomic mass is 10.0. The van der Waals surface area contributed by atoms with Crippen LogP contribution in [-0.2, 0) is 17.9 Å². The molecule has 0 unspecified atom stereocenters. The molecule has 4 N–H and O–H groups in total. The highest BCUT2D eigenvalue weighted by Gasteiger charge is 2.20. The Morgan fingerprint density at radius 3 is 1.96 bits per heavy atom. The lowest BCUT2D eigenvalue weighted by molar-refractivity contribution is -0.118. The minimum absolute atomic E-state index is 0.0344. The van der Waals surface area contributed by atoms with Gasteiger partial charge in [0.1, 0.15) is 0 Å². The Morgan fingerprint density at radius 1 is 0.893 bits per heavy atom. The molecule has 148 valence electrons. The fraction of sp³-hybridized carbons (Fsp3) is 0.318. The molecule has 0 spiro atoms. The van der Waals surface area contributed by atoms with Gasteiger partial charge in [0.05, 0.1) is 0 Å². The summed E-state index contributed by atoms with van der Waals surface area (Å²) in [4.78, 5) is 35.4. The lowest BCUT2D eigenvalue weighted by Gasteiger charge is -2.27. The molecule has 0 atom stereocenters. The molecule has 2 aromatic rings. The fourth-order valence-electron chi connectivity index (χ4n) is 2.98. The Balaban J connectivity index is 0.000000300. The van der Waals surface area contributed by atoms with Crippen molar-refractivity contribution < 1.29 is 14.4 Å². The van der Waals surface area contributed by atoms with E-state index in [-0.39, 0.29) is 11.8 Å². The number of nitrogens with two attached hydrogens (primary N) is 2. The number of carbonyl (C=O) groups excluding carboxylic acids is 3. The van der Waals surface area contributed by atoms with Gasteiger partial charge in [-0.15, -0.1) is 0 Å². The first-order chi connectivity index (χ1) is 13.4. The number of hydrogen-bond acceptors (Lipinski definition) is 3. The van der Waals surface area contributed by atoms with Crippen LogP contribution in [0.15, 0.2) is 48.5 Å². The summed E-state index contributed by atoms with van der Waals surface area (Å²) in [6.45, 7) is 3.33. The second-order valence-corrected chi connectivity index (χ2v) is 6.85. The normalized spacial score (nSPS) is 12.0. The van der Waals surface area contributed by atoms with Gasteiger partial charge >= 0.3 is 0 Å². The molecule has 6 heteroatoms. The largest absolute Gasteiger partial charge is 0.370 e. The number of unbranched alkanes of at least 4 members (excludes halogenated alkanes) is 2. The zero-order valence-corrected chi connectivity index (χ0v) is 16.2.